The van der Waals surface area contributed by atoms with Crippen LogP contribution in [0.4, 0.5) is 0 Å². The van der Waals surface area contributed by atoms with E-state index in [-0.39, 0.29) is 0 Å². The molecule has 0 aliphatic carbocycles. The van der Waals surface area contributed by atoms with Gasteiger partial charge >= 0.3 is 0 Å². The number of hydrogen-bond donors (Lipinski definition) is 0. The molecular weight excluding hydrogens is 322 g/mol. The summed E-state index contributed by atoms with van der Waals surface area (Å²) in [5, 5.41) is 9.33. The van der Waals surface area contributed by atoms with Gasteiger partial charge in [0.25, 0.3) is 0 Å². The van der Waals surface area contributed by atoms with Crippen LogP contribution in [0.1, 0.15) is 5.56 Å². The second-order valence-corrected chi connectivity index (χ2v) is 6.26. The van der Waals surface area contributed by atoms with Crippen LogP contribution in [-0.2, 0) is 6.54 Å². The molecule has 0 bridgehead atoms. The zero-order chi connectivity index (χ0) is 16.8. The molecule has 0 spiro atoms. The molecule has 3 aromatic rings. The van der Waals surface area contributed by atoms with Gasteiger partial charge in [-0.1, -0.05) is 30.0 Å². The van der Waals surface area contributed by atoms with Crippen molar-refractivity contribution in [1.82, 2.24) is 14.8 Å². The molecule has 0 unspecified atom stereocenters. The number of ether oxygens (including phenoxy) is 1. The highest BCUT2D eigenvalue weighted by Crippen LogP contribution is 2.24. The number of benzene rings is 1. The number of hydrogen-bond acceptors (Lipinski definition) is 5. The quantitative estimate of drug-likeness (QED) is 0.349. The molecule has 0 aliphatic rings. The van der Waals surface area contributed by atoms with E-state index in [1.807, 2.05) is 41.0 Å². The van der Waals surface area contributed by atoms with E-state index in [1.165, 1.54) is 5.56 Å². The summed E-state index contributed by atoms with van der Waals surface area (Å²) in [6.07, 6.45) is 3.45. The van der Waals surface area contributed by atoms with Crippen LogP contribution in [0, 0.1) is 6.92 Å². The van der Waals surface area contributed by atoms with E-state index in [2.05, 4.69) is 29.8 Å². The molecule has 24 heavy (non-hydrogen) atoms. The lowest BCUT2D eigenvalue weighted by Crippen LogP contribution is -2.04. The number of nitrogens with zero attached hydrogens (tertiary/aromatic N) is 3. The van der Waals surface area contributed by atoms with Crippen molar-refractivity contribution in [2.75, 3.05) is 12.4 Å². The molecule has 0 saturated carbocycles. The topological polar surface area (TPSA) is 53.1 Å². The third-order valence-corrected chi connectivity index (χ3v) is 4.27. The molecule has 1 aromatic carbocycles. The standard InChI is InChI=1S/C18H19N3O2S/c1-3-9-21-17(16-8-5-10-23-16)19-20-18(21)24-12-11-22-15-7-4-6-14(2)13-15/h3-8,10,13H,1,9,11-12H2,2H3. The van der Waals surface area contributed by atoms with Crippen molar-refractivity contribution in [3.8, 4) is 17.3 Å². The highest BCUT2D eigenvalue weighted by Gasteiger charge is 2.15. The Hall–Kier alpha value is -2.47. The fraction of sp³-hybridized carbons (Fsp3) is 0.222. The Kier molecular flexibility index (Phi) is 5.38. The molecule has 0 fully saturated rings. The van der Waals surface area contributed by atoms with E-state index in [1.54, 1.807) is 18.0 Å². The van der Waals surface area contributed by atoms with Crippen LogP contribution < -0.4 is 4.74 Å². The monoisotopic (exact) mass is 341 g/mol. The van der Waals surface area contributed by atoms with Crippen molar-refractivity contribution in [3.63, 3.8) is 0 Å². The SMILES string of the molecule is C=CCn1c(SCCOc2cccc(C)c2)nnc1-c1ccco1. The van der Waals surface area contributed by atoms with Gasteiger partial charge in [-0.2, -0.15) is 0 Å². The van der Waals surface area contributed by atoms with Crippen LogP contribution >= 0.6 is 11.8 Å². The number of aryl methyl sites for hydroxylation is 1. The predicted octanol–water partition coefficient (Wildman–Crippen LogP) is 4.20. The Bertz CT molecular complexity index is 796. The Morgan fingerprint density at radius 1 is 1.29 bits per heavy atom. The van der Waals surface area contributed by atoms with E-state index < -0.39 is 0 Å². The van der Waals surface area contributed by atoms with E-state index >= 15 is 0 Å². The third kappa shape index (κ3) is 3.89. The number of rotatable bonds is 8. The summed E-state index contributed by atoms with van der Waals surface area (Å²) in [6, 6.07) is 11.8. The van der Waals surface area contributed by atoms with E-state index in [0.29, 0.717) is 24.7 Å². The van der Waals surface area contributed by atoms with Crippen LogP contribution in [0.15, 0.2) is 64.9 Å². The summed E-state index contributed by atoms with van der Waals surface area (Å²) in [5.41, 5.74) is 1.19. The van der Waals surface area contributed by atoms with Gasteiger partial charge < -0.3 is 9.15 Å². The summed E-state index contributed by atoms with van der Waals surface area (Å²) in [6.45, 7) is 7.09. The minimum Gasteiger partial charge on any atom is -0.493 e. The summed E-state index contributed by atoms with van der Waals surface area (Å²) in [7, 11) is 0. The summed E-state index contributed by atoms with van der Waals surface area (Å²) in [4.78, 5) is 0. The van der Waals surface area contributed by atoms with Gasteiger partial charge in [0.15, 0.2) is 10.9 Å². The Balaban J connectivity index is 1.62. The maximum absolute atomic E-state index is 5.77. The molecule has 0 aliphatic heterocycles. The Morgan fingerprint density at radius 2 is 2.21 bits per heavy atom. The smallest absolute Gasteiger partial charge is 0.200 e. The highest BCUT2D eigenvalue weighted by molar-refractivity contribution is 7.99. The lowest BCUT2D eigenvalue weighted by Gasteiger charge is -2.08. The minimum atomic E-state index is 0.602. The van der Waals surface area contributed by atoms with Crippen molar-refractivity contribution < 1.29 is 9.15 Å². The van der Waals surface area contributed by atoms with Gasteiger partial charge in [-0.3, -0.25) is 4.57 Å². The van der Waals surface area contributed by atoms with Crippen molar-refractivity contribution >= 4 is 11.8 Å². The number of thioether (sulfide) groups is 1. The van der Waals surface area contributed by atoms with Crippen LogP contribution in [0.25, 0.3) is 11.6 Å². The van der Waals surface area contributed by atoms with E-state index in [9.17, 15) is 0 Å². The molecule has 0 atom stereocenters. The zero-order valence-corrected chi connectivity index (χ0v) is 14.3. The van der Waals surface area contributed by atoms with Crippen molar-refractivity contribution in [3.05, 3.63) is 60.9 Å². The van der Waals surface area contributed by atoms with Gasteiger partial charge in [-0.05, 0) is 36.8 Å². The summed E-state index contributed by atoms with van der Waals surface area (Å²) >= 11 is 1.60. The van der Waals surface area contributed by atoms with Gasteiger partial charge in [-0.25, -0.2) is 0 Å². The fourth-order valence-corrected chi connectivity index (χ4v) is 3.04. The molecule has 6 heteroatoms. The summed E-state index contributed by atoms with van der Waals surface area (Å²) in [5.74, 6) is 3.08. The molecule has 2 aromatic heterocycles. The molecule has 2 heterocycles. The van der Waals surface area contributed by atoms with Crippen LogP contribution in [0.5, 0.6) is 5.75 Å². The average Bonchev–Trinajstić information content (AvgIpc) is 3.22. The molecule has 124 valence electrons. The first-order chi connectivity index (χ1) is 11.8. The molecular formula is C18H19N3O2S. The van der Waals surface area contributed by atoms with Gasteiger partial charge in [0.2, 0.25) is 5.82 Å². The lowest BCUT2D eigenvalue weighted by atomic mass is 10.2. The maximum atomic E-state index is 5.77. The fourth-order valence-electron chi connectivity index (χ4n) is 2.27. The van der Waals surface area contributed by atoms with Crippen LogP contribution in [-0.4, -0.2) is 27.1 Å². The van der Waals surface area contributed by atoms with Gasteiger partial charge in [0.1, 0.15) is 5.75 Å². The zero-order valence-electron chi connectivity index (χ0n) is 13.5. The molecule has 3 rings (SSSR count). The number of aromatic nitrogens is 3. The number of furan rings is 1. The maximum Gasteiger partial charge on any atom is 0.200 e. The molecule has 5 nitrogen and oxygen atoms in total. The van der Waals surface area contributed by atoms with Crippen molar-refractivity contribution in [1.29, 1.82) is 0 Å². The van der Waals surface area contributed by atoms with Crippen molar-refractivity contribution in [2.45, 2.75) is 18.6 Å². The van der Waals surface area contributed by atoms with Crippen LogP contribution in [0.3, 0.4) is 0 Å². The van der Waals surface area contributed by atoms with Gasteiger partial charge in [-0.15, -0.1) is 16.8 Å². The first-order valence-electron chi connectivity index (χ1n) is 7.68. The first kappa shape index (κ1) is 16.4. The van der Waals surface area contributed by atoms with E-state index in [0.717, 1.165) is 16.7 Å². The van der Waals surface area contributed by atoms with Gasteiger partial charge in [0, 0.05) is 12.3 Å². The molecule has 0 saturated heterocycles. The normalized spacial score (nSPS) is 10.7. The van der Waals surface area contributed by atoms with Crippen LogP contribution in [0.2, 0.25) is 0 Å². The first-order valence-corrected chi connectivity index (χ1v) is 8.66. The Morgan fingerprint density at radius 3 is 2.96 bits per heavy atom. The molecule has 0 N–H and O–H groups in total. The summed E-state index contributed by atoms with van der Waals surface area (Å²) < 4.78 is 13.2. The van der Waals surface area contributed by atoms with E-state index in [4.69, 9.17) is 9.15 Å². The third-order valence-electron chi connectivity index (χ3n) is 3.34. The molecule has 0 amide bonds. The highest BCUT2D eigenvalue weighted by atomic mass is 32.2. The second-order valence-electron chi connectivity index (χ2n) is 5.20. The molecule has 0 radical (unpaired) electrons. The Labute approximate surface area is 145 Å². The largest absolute Gasteiger partial charge is 0.493 e. The van der Waals surface area contributed by atoms with Crippen molar-refractivity contribution in [2.24, 2.45) is 0 Å². The van der Waals surface area contributed by atoms with Gasteiger partial charge in [0.05, 0.1) is 12.9 Å². The minimum absolute atomic E-state index is 0.602. The number of allylic oxidation sites excluding steroid dienone is 1. The predicted molar refractivity (Wildman–Crippen MR) is 95.3 cm³/mol. The average molecular weight is 341 g/mol. The lowest BCUT2D eigenvalue weighted by molar-refractivity contribution is 0.343. The second kappa shape index (κ2) is 7.88.